The molecule has 2 rings (SSSR count). The van der Waals surface area contributed by atoms with Crippen molar-refractivity contribution < 1.29 is 9.53 Å². The lowest BCUT2D eigenvalue weighted by Crippen LogP contribution is -2.43. The van der Waals surface area contributed by atoms with Gasteiger partial charge in [-0.05, 0) is 29.8 Å². The number of hydrogen-bond donors (Lipinski definition) is 2. The number of guanidine groups is 1. The molecular weight excluding hydrogens is 499 g/mol. The number of likely N-dealkylation sites (N-methyl/N-ethyl adjacent to an activating group) is 1. The zero-order chi connectivity index (χ0) is 20.2. The van der Waals surface area contributed by atoms with Gasteiger partial charge in [0.25, 0.3) is 0 Å². The van der Waals surface area contributed by atoms with E-state index in [2.05, 4.69) is 52.0 Å². The summed E-state index contributed by atoms with van der Waals surface area (Å²) >= 11 is 1.73. The molecule has 0 saturated carbocycles. The van der Waals surface area contributed by atoms with Gasteiger partial charge in [-0.15, -0.1) is 24.0 Å². The van der Waals surface area contributed by atoms with Crippen molar-refractivity contribution in [2.45, 2.75) is 16.3 Å². The van der Waals surface area contributed by atoms with Gasteiger partial charge in [0.05, 0.1) is 19.7 Å². The molecular formula is C21H29IN4O2S. The Labute approximate surface area is 194 Å². The first-order valence-corrected chi connectivity index (χ1v) is 9.93. The maximum absolute atomic E-state index is 11.8. The van der Waals surface area contributed by atoms with E-state index < -0.39 is 0 Å². The van der Waals surface area contributed by atoms with Crippen LogP contribution in [-0.4, -0.2) is 57.7 Å². The van der Waals surface area contributed by atoms with Crippen molar-refractivity contribution in [2.24, 2.45) is 4.99 Å². The fourth-order valence-electron chi connectivity index (χ4n) is 2.22. The molecule has 0 radical (unpaired) electrons. The highest BCUT2D eigenvalue weighted by Gasteiger charge is 2.06. The van der Waals surface area contributed by atoms with Crippen molar-refractivity contribution in [3.05, 3.63) is 60.2 Å². The summed E-state index contributed by atoms with van der Waals surface area (Å²) in [5.74, 6) is 0.582. The number of methoxy groups -OCH3 is 1. The first-order chi connectivity index (χ1) is 13.6. The average molecular weight is 528 g/mol. The monoisotopic (exact) mass is 528 g/mol. The number of carbonyl (C=O) groups excluding carboxylic acids is 1. The Kier molecular flexibility index (Phi) is 12.4. The highest BCUT2D eigenvalue weighted by Crippen LogP contribution is 2.27. The van der Waals surface area contributed by atoms with Crippen molar-refractivity contribution in [2.75, 3.05) is 40.9 Å². The molecule has 0 saturated heterocycles. The second kappa shape index (κ2) is 14.2. The van der Waals surface area contributed by atoms with Crippen LogP contribution in [-0.2, 0) is 16.1 Å². The van der Waals surface area contributed by atoms with E-state index in [1.54, 1.807) is 37.9 Å². The number of halogens is 1. The van der Waals surface area contributed by atoms with Crippen LogP contribution in [0.5, 0.6) is 0 Å². The van der Waals surface area contributed by atoms with E-state index >= 15 is 0 Å². The molecule has 2 aromatic carbocycles. The molecule has 0 atom stereocenters. The number of amides is 1. The van der Waals surface area contributed by atoms with E-state index in [1.807, 2.05) is 18.2 Å². The van der Waals surface area contributed by atoms with Crippen LogP contribution in [0.1, 0.15) is 5.56 Å². The molecule has 2 N–H and O–H groups in total. The summed E-state index contributed by atoms with van der Waals surface area (Å²) < 4.78 is 5.06. The number of nitrogens with one attached hydrogen (secondary N) is 2. The third-order valence-electron chi connectivity index (χ3n) is 3.83. The third kappa shape index (κ3) is 10.00. The molecule has 0 aliphatic heterocycles. The van der Waals surface area contributed by atoms with Gasteiger partial charge >= 0.3 is 0 Å². The van der Waals surface area contributed by atoms with E-state index in [0.29, 0.717) is 25.7 Å². The SMILES string of the molecule is COCCNC(=NCc1ccc(Sc2ccccc2)cc1)NCC(=O)N(C)C.I. The molecule has 0 fully saturated rings. The minimum atomic E-state index is -0.0106. The van der Waals surface area contributed by atoms with Crippen molar-refractivity contribution in [1.82, 2.24) is 15.5 Å². The number of ether oxygens (including phenoxy) is 1. The van der Waals surface area contributed by atoms with Crippen molar-refractivity contribution >= 4 is 47.6 Å². The van der Waals surface area contributed by atoms with Crippen molar-refractivity contribution in [1.29, 1.82) is 0 Å². The van der Waals surface area contributed by atoms with Crippen LogP contribution < -0.4 is 10.6 Å². The Hall–Kier alpha value is -1.78. The molecule has 0 aromatic heterocycles. The van der Waals surface area contributed by atoms with Gasteiger partial charge in [0.2, 0.25) is 5.91 Å². The van der Waals surface area contributed by atoms with E-state index in [1.165, 1.54) is 9.79 Å². The van der Waals surface area contributed by atoms with Crippen LogP contribution in [0.15, 0.2) is 69.4 Å². The van der Waals surface area contributed by atoms with E-state index in [4.69, 9.17) is 4.74 Å². The zero-order valence-corrected chi connectivity index (χ0v) is 20.2. The lowest BCUT2D eigenvalue weighted by atomic mass is 10.2. The van der Waals surface area contributed by atoms with Crippen molar-refractivity contribution in [3.8, 4) is 0 Å². The Bertz CT molecular complexity index is 755. The lowest BCUT2D eigenvalue weighted by molar-refractivity contribution is -0.127. The second-order valence-electron chi connectivity index (χ2n) is 6.29. The molecule has 29 heavy (non-hydrogen) atoms. The Morgan fingerprint density at radius 2 is 1.69 bits per heavy atom. The number of benzene rings is 2. The van der Waals surface area contributed by atoms with Gasteiger partial charge in [0.1, 0.15) is 0 Å². The summed E-state index contributed by atoms with van der Waals surface area (Å²) in [6, 6.07) is 18.6. The Morgan fingerprint density at radius 3 is 2.31 bits per heavy atom. The lowest BCUT2D eigenvalue weighted by Gasteiger charge is -2.14. The molecule has 2 aromatic rings. The quantitative estimate of drug-likeness (QED) is 0.227. The number of carbonyl (C=O) groups is 1. The maximum Gasteiger partial charge on any atom is 0.241 e. The number of hydrogen-bond acceptors (Lipinski definition) is 4. The molecule has 0 bridgehead atoms. The van der Waals surface area contributed by atoms with Crippen LogP contribution in [0.4, 0.5) is 0 Å². The van der Waals surface area contributed by atoms with E-state index in [-0.39, 0.29) is 36.4 Å². The molecule has 8 heteroatoms. The Balaban J connectivity index is 0.00000420. The predicted molar refractivity (Wildman–Crippen MR) is 130 cm³/mol. The summed E-state index contributed by atoms with van der Waals surface area (Å²) in [6.07, 6.45) is 0. The Morgan fingerprint density at radius 1 is 1.03 bits per heavy atom. The summed E-state index contributed by atoms with van der Waals surface area (Å²) in [5, 5.41) is 6.23. The topological polar surface area (TPSA) is 66.0 Å². The summed E-state index contributed by atoms with van der Waals surface area (Å²) in [7, 11) is 5.11. The summed E-state index contributed by atoms with van der Waals surface area (Å²) in [4.78, 5) is 20.3. The fraction of sp³-hybridized carbons (Fsp3) is 0.333. The van der Waals surface area contributed by atoms with Crippen LogP contribution in [0.3, 0.4) is 0 Å². The molecule has 158 valence electrons. The normalized spacial score (nSPS) is 10.8. The molecule has 0 spiro atoms. The van der Waals surface area contributed by atoms with Gasteiger partial charge in [-0.2, -0.15) is 0 Å². The minimum absolute atomic E-state index is 0. The maximum atomic E-state index is 11.8. The molecule has 0 aliphatic rings. The highest BCUT2D eigenvalue weighted by molar-refractivity contribution is 14.0. The minimum Gasteiger partial charge on any atom is -0.383 e. The number of rotatable bonds is 9. The summed E-state index contributed by atoms with van der Waals surface area (Å²) in [5.41, 5.74) is 1.10. The smallest absolute Gasteiger partial charge is 0.241 e. The first kappa shape index (κ1) is 25.3. The number of nitrogens with zero attached hydrogens (tertiary/aromatic N) is 2. The van der Waals surface area contributed by atoms with Gasteiger partial charge in [-0.1, -0.05) is 42.1 Å². The highest BCUT2D eigenvalue weighted by atomic mass is 127. The first-order valence-electron chi connectivity index (χ1n) is 9.11. The van der Waals surface area contributed by atoms with Crippen LogP contribution in [0, 0.1) is 0 Å². The fourth-order valence-corrected chi connectivity index (χ4v) is 3.06. The average Bonchev–Trinajstić information content (AvgIpc) is 2.71. The largest absolute Gasteiger partial charge is 0.383 e. The van der Waals surface area contributed by atoms with Gasteiger partial charge in [-0.3, -0.25) is 4.79 Å². The van der Waals surface area contributed by atoms with Crippen LogP contribution in [0.25, 0.3) is 0 Å². The summed E-state index contributed by atoms with van der Waals surface area (Å²) in [6.45, 7) is 1.89. The van der Waals surface area contributed by atoms with Gasteiger partial charge in [0.15, 0.2) is 5.96 Å². The standard InChI is InChI=1S/C21H28N4O2S.HI/c1-25(2)20(26)16-24-21(22-13-14-27-3)23-15-17-9-11-19(12-10-17)28-18-7-5-4-6-8-18;/h4-12H,13-16H2,1-3H3,(H2,22,23,24);1H. The number of aliphatic imine (C=N–C) groups is 1. The van der Waals surface area contributed by atoms with Gasteiger partial charge in [0, 0.05) is 37.5 Å². The van der Waals surface area contributed by atoms with Crippen LogP contribution in [0.2, 0.25) is 0 Å². The van der Waals surface area contributed by atoms with Crippen LogP contribution >= 0.6 is 35.7 Å². The second-order valence-corrected chi connectivity index (χ2v) is 7.43. The van der Waals surface area contributed by atoms with E-state index in [9.17, 15) is 4.79 Å². The third-order valence-corrected chi connectivity index (χ3v) is 4.84. The van der Waals surface area contributed by atoms with Crippen molar-refractivity contribution in [3.63, 3.8) is 0 Å². The molecule has 0 aliphatic carbocycles. The van der Waals surface area contributed by atoms with E-state index in [0.717, 1.165) is 5.56 Å². The molecule has 6 nitrogen and oxygen atoms in total. The zero-order valence-electron chi connectivity index (χ0n) is 17.1. The van der Waals surface area contributed by atoms with Gasteiger partial charge < -0.3 is 20.3 Å². The van der Waals surface area contributed by atoms with Gasteiger partial charge in [-0.25, -0.2) is 4.99 Å². The molecule has 0 heterocycles. The molecule has 1 amide bonds. The predicted octanol–water partition coefficient (Wildman–Crippen LogP) is 3.23. The molecule has 0 unspecified atom stereocenters.